The summed E-state index contributed by atoms with van der Waals surface area (Å²) in [6.07, 6.45) is 0.123. The molecule has 8 heteroatoms. The first kappa shape index (κ1) is 17.7. The molecule has 1 N–H and O–H groups in total. The predicted octanol–water partition coefficient (Wildman–Crippen LogP) is 3.48. The van der Waals surface area contributed by atoms with Crippen LogP contribution in [0.1, 0.15) is 17.2 Å². The number of ether oxygens (including phenoxy) is 3. The lowest BCUT2D eigenvalue weighted by molar-refractivity contribution is -0.121. The Kier molecular flexibility index (Phi) is 4.65. The van der Waals surface area contributed by atoms with Crippen molar-refractivity contribution < 1.29 is 23.8 Å². The number of hydrogen-bond acceptors (Lipinski definition) is 5. The monoisotopic (exact) mass is 432 g/mol. The van der Waals surface area contributed by atoms with Crippen LogP contribution >= 0.6 is 15.9 Å². The molecule has 27 heavy (non-hydrogen) atoms. The highest BCUT2D eigenvalue weighted by Crippen LogP contribution is 2.36. The van der Waals surface area contributed by atoms with Crippen LogP contribution in [0.3, 0.4) is 0 Å². The molecule has 0 saturated carbocycles. The van der Waals surface area contributed by atoms with Crippen molar-refractivity contribution in [1.29, 1.82) is 0 Å². The van der Waals surface area contributed by atoms with Gasteiger partial charge in [-0.25, -0.2) is 4.79 Å². The maximum absolute atomic E-state index is 13.1. The number of hydrogen-bond donors (Lipinski definition) is 1. The Hall–Kier alpha value is -2.74. The molecule has 2 aliphatic rings. The van der Waals surface area contributed by atoms with Gasteiger partial charge in [0.15, 0.2) is 11.5 Å². The number of fused-ring (bicyclic) bond motifs is 2. The normalized spacial score (nSPS) is 17.3. The molecule has 0 saturated heterocycles. The fourth-order valence-corrected chi connectivity index (χ4v) is 3.75. The molecule has 140 valence electrons. The molecular weight excluding hydrogens is 416 g/mol. The zero-order valence-corrected chi connectivity index (χ0v) is 16.1. The molecule has 2 aliphatic heterocycles. The van der Waals surface area contributed by atoms with Crippen LogP contribution in [0.2, 0.25) is 0 Å². The van der Waals surface area contributed by atoms with Gasteiger partial charge in [0.1, 0.15) is 6.04 Å². The third kappa shape index (κ3) is 3.32. The van der Waals surface area contributed by atoms with Crippen LogP contribution in [-0.2, 0) is 16.0 Å². The summed E-state index contributed by atoms with van der Waals surface area (Å²) in [5.74, 6) is 0.888. The molecule has 0 radical (unpaired) electrons. The molecular formula is C19H17BrN2O5. The van der Waals surface area contributed by atoms with Gasteiger partial charge in [-0.2, -0.15) is 0 Å². The fourth-order valence-electron chi connectivity index (χ4n) is 3.37. The zero-order valence-electron chi connectivity index (χ0n) is 14.5. The molecule has 0 aliphatic carbocycles. The quantitative estimate of drug-likeness (QED) is 0.785. The average molecular weight is 433 g/mol. The summed E-state index contributed by atoms with van der Waals surface area (Å²) in [6, 6.07) is 10.2. The van der Waals surface area contributed by atoms with Crippen LogP contribution in [0.15, 0.2) is 40.9 Å². The number of nitrogens with zero attached hydrogens (tertiary/aromatic N) is 1. The summed E-state index contributed by atoms with van der Waals surface area (Å²) >= 11 is 3.44. The Morgan fingerprint density at radius 1 is 1.19 bits per heavy atom. The van der Waals surface area contributed by atoms with E-state index in [-0.39, 0.29) is 12.7 Å². The summed E-state index contributed by atoms with van der Waals surface area (Å²) in [5, 5.41) is 2.87. The lowest BCUT2D eigenvalue weighted by Crippen LogP contribution is -2.45. The summed E-state index contributed by atoms with van der Waals surface area (Å²) in [7, 11) is 1.31. The van der Waals surface area contributed by atoms with Crippen molar-refractivity contribution in [3.63, 3.8) is 0 Å². The van der Waals surface area contributed by atoms with Crippen LogP contribution in [0.25, 0.3) is 0 Å². The summed E-state index contributed by atoms with van der Waals surface area (Å²) in [5.41, 5.74) is 2.37. The number of halogens is 1. The van der Waals surface area contributed by atoms with Gasteiger partial charge in [0.05, 0.1) is 7.11 Å². The van der Waals surface area contributed by atoms with Gasteiger partial charge >= 0.3 is 6.09 Å². The van der Waals surface area contributed by atoms with Crippen molar-refractivity contribution >= 4 is 33.6 Å². The molecule has 2 heterocycles. The molecule has 0 fully saturated rings. The van der Waals surface area contributed by atoms with Crippen LogP contribution in [0.5, 0.6) is 11.5 Å². The molecule has 0 spiro atoms. The second-order valence-corrected chi connectivity index (χ2v) is 7.13. The highest BCUT2D eigenvalue weighted by Gasteiger charge is 2.37. The van der Waals surface area contributed by atoms with Crippen molar-refractivity contribution in [2.24, 2.45) is 0 Å². The second-order valence-electron chi connectivity index (χ2n) is 6.22. The minimum atomic E-state index is -0.788. The van der Waals surface area contributed by atoms with E-state index in [9.17, 15) is 9.59 Å². The molecule has 0 bridgehead atoms. The minimum absolute atomic E-state index is 0.160. The average Bonchev–Trinajstić information content (AvgIpc) is 3.14. The number of amides is 2. The van der Waals surface area contributed by atoms with E-state index in [4.69, 9.17) is 14.2 Å². The Morgan fingerprint density at radius 2 is 2.00 bits per heavy atom. The van der Waals surface area contributed by atoms with Crippen molar-refractivity contribution in [2.45, 2.75) is 12.5 Å². The summed E-state index contributed by atoms with van der Waals surface area (Å²) in [6.45, 7) is 0.563. The SMILES string of the molecule is COC(=O)N1CCc2ccc(Br)cc2[C@H]1C(=O)Nc1ccc2c(c1)OCO2. The molecule has 1 atom stereocenters. The first-order valence-corrected chi connectivity index (χ1v) is 9.19. The van der Waals surface area contributed by atoms with Crippen LogP contribution < -0.4 is 14.8 Å². The number of carbonyl (C=O) groups is 2. The van der Waals surface area contributed by atoms with E-state index in [1.54, 1.807) is 18.2 Å². The Balaban J connectivity index is 1.66. The fraction of sp³-hybridized carbons (Fsp3) is 0.263. The van der Waals surface area contributed by atoms with E-state index in [0.29, 0.717) is 30.2 Å². The van der Waals surface area contributed by atoms with Gasteiger partial charge in [0.25, 0.3) is 5.91 Å². The van der Waals surface area contributed by atoms with Crippen LogP contribution in [-0.4, -0.2) is 37.3 Å². The van der Waals surface area contributed by atoms with Crippen molar-refractivity contribution in [3.05, 3.63) is 52.0 Å². The summed E-state index contributed by atoms with van der Waals surface area (Å²) < 4.78 is 16.4. The minimum Gasteiger partial charge on any atom is -0.454 e. The number of anilines is 1. The lowest BCUT2D eigenvalue weighted by Gasteiger charge is -2.35. The molecule has 2 aromatic rings. The maximum atomic E-state index is 13.1. The number of benzene rings is 2. The van der Waals surface area contributed by atoms with E-state index in [1.165, 1.54) is 12.0 Å². The van der Waals surface area contributed by atoms with Gasteiger partial charge in [-0.05, 0) is 41.8 Å². The lowest BCUT2D eigenvalue weighted by atomic mass is 9.92. The van der Waals surface area contributed by atoms with Gasteiger partial charge in [-0.15, -0.1) is 0 Å². The van der Waals surface area contributed by atoms with Gasteiger partial charge in [0, 0.05) is 22.8 Å². The highest BCUT2D eigenvalue weighted by atomic mass is 79.9. The van der Waals surface area contributed by atoms with E-state index in [1.807, 2.05) is 18.2 Å². The Morgan fingerprint density at radius 3 is 2.81 bits per heavy atom. The van der Waals surface area contributed by atoms with Crippen LogP contribution in [0, 0.1) is 0 Å². The smallest absolute Gasteiger partial charge is 0.410 e. The highest BCUT2D eigenvalue weighted by molar-refractivity contribution is 9.10. The third-order valence-electron chi connectivity index (χ3n) is 4.63. The van der Waals surface area contributed by atoms with Gasteiger partial charge < -0.3 is 19.5 Å². The van der Waals surface area contributed by atoms with Crippen LogP contribution in [0.4, 0.5) is 10.5 Å². The van der Waals surface area contributed by atoms with E-state index in [2.05, 4.69) is 21.2 Å². The van der Waals surface area contributed by atoms with Gasteiger partial charge in [0.2, 0.25) is 6.79 Å². The Labute approximate surface area is 164 Å². The largest absolute Gasteiger partial charge is 0.454 e. The predicted molar refractivity (Wildman–Crippen MR) is 101 cm³/mol. The van der Waals surface area contributed by atoms with Crippen molar-refractivity contribution in [2.75, 3.05) is 25.8 Å². The first-order chi connectivity index (χ1) is 13.1. The third-order valence-corrected chi connectivity index (χ3v) is 5.13. The molecule has 2 aromatic carbocycles. The van der Waals surface area contributed by atoms with E-state index < -0.39 is 12.1 Å². The first-order valence-electron chi connectivity index (χ1n) is 8.40. The standard InChI is InChI=1S/C19H17BrN2O5/c1-25-19(24)22-7-6-11-2-3-12(20)8-14(11)17(22)18(23)21-13-4-5-15-16(9-13)27-10-26-15/h2-5,8-9,17H,6-7,10H2,1H3,(H,21,23)/t17-/m0/s1. The number of rotatable bonds is 2. The summed E-state index contributed by atoms with van der Waals surface area (Å²) in [4.78, 5) is 26.8. The number of methoxy groups -OCH3 is 1. The maximum Gasteiger partial charge on any atom is 0.410 e. The van der Waals surface area contributed by atoms with Crippen molar-refractivity contribution in [3.8, 4) is 11.5 Å². The molecule has 7 nitrogen and oxygen atoms in total. The zero-order chi connectivity index (χ0) is 19.0. The van der Waals surface area contributed by atoms with Gasteiger partial charge in [-0.1, -0.05) is 22.0 Å². The second kappa shape index (κ2) is 7.11. The molecule has 2 amide bonds. The topological polar surface area (TPSA) is 77.1 Å². The molecule has 0 aromatic heterocycles. The van der Waals surface area contributed by atoms with E-state index in [0.717, 1.165) is 15.6 Å². The number of nitrogens with one attached hydrogen (secondary N) is 1. The molecule has 0 unspecified atom stereocenters. The van der Waals surface area contributed by atoms with Crippen molar-refractivity contribution in [1.82, 2.24) is 4.90 Å². The number of carbonyl (C=O) groups excluding carboxylic acids is 2. The van der Waals surface area contributed by atoms with Gasteiger partial charge in [-0.3, -0.25) is 9.69 Å². The molecule has 4 rings (SSSR count). The van der Waals surface area contributed by atoms with E-state index >= 15 is 0 Å². The Bertz CT molecular complexity index is 917.